The van der Waals surface area contributed by atoms with Crippen molar-refractivity contribution in [3.05, 3.63) is 70.5 Å². The molecule has 1 aromatic carbocycles. The van der Waals surface area contributed by atoms with Crippen molar-refractivity contribution in [2.24, 2.45) is 11.8 Å². The summed E-state index contributed by atoms with van der Waals surface area (Å²) in [6, 6.07) is 7.72. The first-order valence-corrected chi connectivity index (χ1v) is 11.0. The Labute approximate surface area is 202 Å². The van der Waals surface area contributed by atoms with E-state index in [9.17, 15) is 33.3 Å². The summed E-state index contributed by atoms with van der Waals surface area (Å²) in [4.78, 5) is 16.4. The van der Waals surface area contributed by atoms with Gasteiger partial charge in [0.2, 0.25) is 11.8 Å². The van der Waals surface area contributed by atoms with Crippen LogP contribution < -0.4 is 0 Å². The molecule has 186 valence electrons. The number of carbonyl (C=O) groups is 1. The lowest BCUT2D eigenvalue weighted by Crippen LogP contribution is -2.42. The average Bonchev–Trinajstić information content (AvgIpc) is 3.32. The molecular formula is C25H20F3N3O5. The maximum Gasteiger partial charge on any atom is 0.417 e. The monoisotopic (exact) mass is 499 g/mol. The zero-order valence-electron chi connectivity index (χ0n) is 19.0. The second-order valence-electron chi connectivity index (χ2n) is 9.37. The molecule has 4 unspecified atom stereocenters. The van der Waals surface area contributed by atoms with Gasteiger partial charge in [0, 0.05) is 18.3 Å². The summed E-state index contributed by atoms with van der Waals surface area (Å²) in [5.74, 6) is -4.16. The molecular weight excluding hydrogens is 479 g/mol. The number of nitriles is 1. The number of fused-ring (bicyclic) bond motifs is 5. The van der Waals surface area contributed by atoms with E-state index in [0.717, 1.165) is 16.2 Å². The van der Waals surface area contributed by atoms with Crippen molar-refractivity contribution in [3.8, 4) is 23.5 Å². The number of alkyl halides is 3. The van der Waals surface area contributed by atoms with E-state index in [0.29, 0.717) is 6.07 Å². The Hall–Kier alpha value is -4.04. The van der Waals surface area contributed by atoms with E-state index < -0.39 is 58.1 Å². The lowest BCUT2D eigenvalue weighted by Gasteiger charge is -2.34. The Balaban J connectivity index is 1.72. The number of aliphatic carboxylic acids is 1. The lowest BCUT2D eigenvalue weighted by atomic mass is 9.64. The lowest BCUT2D eigenvalue weighted by molar-refractivity contribution is -0.149. The fourth-order valence-corrected chi connectivity index (χ4v) is 5.95. The van der Waals surface area contributed by atoms with Gasteiger partial charge in [-0.05, 0) is 56.2 Å². The average molecular weight is 499 g/mol. The summed E-state index contributed by atoms with van der Waals surface area (Å²) in [6.45, 7) is 3.10. The Kier molecular flexibility index (Phi) is 4.92. The third-order valence-electron chi connectivity index (χ3n) is 7.40. The van der Waals surface area contributed by atoms with Crippen LogP contribution in [0.15, 0.2) is 42.7 Å². The molecule has 1 saturated heterocycles. The third-order valence-corrected chi connectivity index (χ3v) is 7.40. The van der Waals surface area contributed by atoms with Gasteiger partial charge in [0.1, 0.15) is 11.2 Å². The molecule has 0 radical (unpaired) electrons. The van der Waals surface area contributed by atoms with E-state index in [1.54, 1.807) is 31.5 Å². The molecule has 3 N–H and O–H groups in total. The molecule has 0 aliphatic carbocycles. The fourth-order valence-electron chi connectivity index (χ4n) is 5.95. The number of ether oxygens (including phenoxy) is 1. The van der Waals surface area contributed by atoms with Crippen LogP contribution in [0.1, 0.15) is 41.7 Å². The second kappa shape index (κ2) is 7.48. The first-order valence-electron chi connectivity index (χ1n) is 11.0. The van der Waals surface area contributed by atoms with E-state index >= 15 is 0 Å². The quantitative estimate of drug-likeness (QED) is 0.491. The Morgan fingerprint density at radius 2 is 1.75 bits per heavy atom. The van der Waals surface area contributed by atoms with E-state index in [2.05, 4.69) is 4.98 Å². The van der Waals surface area contributed by atoms with Gasteiger partial charge >= 0.3 is 12.1 Å². The van der Waals surface area contributed by atoms with Crippen molar-refractivity contribution >= 4 is 5.97 Å². The SMILES string of the molecule is CC12OC(C)(c3c1c(O)n(-c1ccc(C#N)c(C(F)(F)F)c1)c3O)C(C(=O)O)C2Cc1ccncc1. The molecule has 4 heterocycles. The number of aromatic hydroxyl groups is 2. The number of aromatic nitrogens is 2. The zero-order chi connectivity index (χ0) is 26.2. The van der Waals surface area contributed by atoms with Crippen molar-refractivity contribution in [3.63, 3.8) is 0 Å². The van der Waals surface area contributed by atoms with Crippen molar-refractivity contribution in [2.75, 3.05) is 0 Å². The van der Waals surface area contributed by atoms with Crippen LogP contribution >= 0.6 is 0 Å². The number of hydrogen-bond donors (Lipinski definition) is 3. The number of rotatable bonds is 4. The Bertz CT molecular complexity index is 1450. The van der Waals surface area contributed by atoms with Crippen LogP contribution in [0.25, 0.3) is 5.69 Å². The molecule has 8 nitrogen and oxygen atoms in total. The summed E-state index contributed by atoms with van der Waals surface area (Å²) in [6.07, 6.45) is -1.47. The van der Waals surface area contributed by atoms with Gasteiger partial charge in [-0.2, -0.15) is 18.4 Å². The molecule has 0 spiro atoms. The highest BCUT2D eigenvalue weighted by Gasteiger charge is 2.71. The number of carboxylic acids is 1. The van der Waals surface area contributed by atoms with Gasteiger partial charge in [0.05, 0.1) is 39.9 Å². The number of benzene rings is 1. The van der Waals surface area contributed by atoms with E-state index in [4.69, 9.17) is 10.00 Å². The number of nitrogens with zero attached hydrogens (tertiary/aromatic N) is 3. The topological polar surface area (TPSA) is 129 Å². The van der Waals surface area contributed by atoms with Crippen LogP contribution in [-0.2, 0) is 33.3 Å². The van der Waals surface area contributed by atoms with Gasteiger partial charge in [-0.1, -0.05) is 0 Å². The predicted octanol–water partition coefficient (Wildman–Crippen LogP) is 4.21. The van der Waals surface area contributed by atoms with Crippen molar-refractivity contribution in [1.82, 2.24) is 9.55 Å². The van der Waals surface area contributed by atoms with E-state index in [-0.39, 0.29) is 23.2 Å². The van der Waals surface area contributed by atoms with Crippen LogP contribution in [0.2, 0.25) is 0 Å². The third kappa shape index (κ3) is 3.04. The molecule has 2 aliphatic rings. The molecule has 2 bridgehead atoms. The van der Waals surface area contributed by atoms with Crippen LogP contribution in [-0.4, -0.2) is 30.8 Å². The molecule has 3 aromatic rings. The molecule has 0 saturated carbocycles. The van der Waals surface area contributed by atoms with Gasteiger partial charge in [-0.3, -0.25) is 14.3 Å². The summed E-state index contributed by atoms with van der Waals surface area (Å²) in [7, 11) is 0. The van der Waals surface area contributed by atoms with Gasteiger partial charge < -0.3 is 20.1 Å². The number of hydrogen-bond acceptors (Lipinski definition) is 6. The highest BCUT2D eigenvalue weighted by atomic mass is 19.4. The van der Waals surface area contributed by atoms with Crippen LogP contribution in [0, 0.1) is 23.2 Å². The highest BCUT2D eigenvalue weighted by molar-refractivity contribution is 5.77. The van der Waals surface area contributed by atoms with Crippen LogP contribution in [0.5, 0.6) is 11.8 Å². The van der Waals surface area contributed by atoms with Crippen molar-refractivity contribution < 1.29 is 38.0 Å². The summed E-state index contributed by atoms with van der Waals surface area (Å²) < 4.78 is 47.8. The van der Waals surface area contributed by atoms with Crippen LogP contribution in [0.4, 0.5) is 13.2 Å². The van der Waals surface area contributed by atoms with Gasteiger partial charge in [-0.25, -0.2) is 0 Å². The maximum atomic E-state index is 13.6. The highest BCUT2D eigenvalue weighted by Crippen LogP contribution is 2.69. The molecule has 1 fully saturated rings. The number of halogens is 3. The first kappa shape index (κ1) is 23.7. The van der Waals surface area contributed by atoms with Gasteiger partial charge in [0.15, 0.2) is 0 Å². The van der Waals surface area contributed by atoms with Gasteiger partial charge in [-0.15, -0.1) is 0 Å². The van der Waals surface area contributed by atoms with Crippen molar-refractivity contribution in [2.45, 2.75) is 37.6 Å². The standard InChI is InChI=1S/C25H20F3N3O5/c1-23-16(9-12-5-7-30-8-6-12)17(22(34)35)24(2,36-23)19-18(23)20(32)31(21(19)33)14-4-3-13(11-29)15(10-14)25(26,27)28/h3-8,10,16-17,32-33H,9H2,1-2H3,(H,34,35). The summed E-state index contributed by atoms with van der Waals surface area (Å²) in [5, 5.41) is 41.6. The fraction of sp³-hybridized carbons (Fsp3) is 0.320. The molecule has 11 heteroatoms. The predicted molar refractivity (Wildman–Crippen MR) is 117 cm³/mol. The Morgan fingerprint density at radius 3 is 2.31 bits per heavy atom. The molecule has 0 amide bonds. The van der Waals surface area contributed by atoms with Crippen molar-refractivity contribution in [1.29, 1.82) is 5.26 Å². The number of pyridine rings is 1. The molecule has 5 rings (SSSR count). The van der Waals surface area contributed by atoms with E-state index in [1.807, 2.05) is 0 Å². The minimum Gasteiger partial charge on any atom is -0.494 e. The van der Waals surface area contributed by atoms with Crippen LogP contribution in [0.3, 0.4) is 0 Å². The largest absolute Gasteiger partial charge is 0.494 e. The first-order chi connectivity index (χ1) is 16.8. The Morgan fingerprint density at radius 1 is 1.14 bits per heavy atom. The molecule has 2 aliphatic heterocycles. The maximum absolute atomic E-state index is 13.6. The smallest absolute Gasteiger partial charge is 0.417 e. The minimum absolute atomic E-state index is 0.0128. The normalized spacial score (nSPS) is 26.6. The van der Waals surface area contributed by atoms with E-state index in [1.165, 1.54) is 19.1 Å². The second-order valence-corrected chi connectivity index (χ2v) is 9.37. The number of carboxylic acid groups (broad SMARTS) is 1. The summed E-state index contributed by atoms with van der Waals surface area (Å²) >= 11 is 0. The zero-order valence-corrected chi connectivity index (χ0v) is 19.0. The van der Waals surface area contributed by atoms with Gasteiger partial charge in [0.25, 0.3) is 0 Å². The summed E-state index contributed by atoms with van der Waals surface area (Å²) in [5.41, 5.74) is -4.11. The molecule has 2 aromatic heterocycles. The molecule has 36 heavy (non-hydrogen) atoms. The molecule has 4 atom stereocenters. The minimum atomic E-state index is -4.85.